The maximum absolute atomic E-state index is 12.1. The summed E-state index contributed by atoms with van der Waals surface area (Å²) >= 11 is 3.27. The highest BCUT2D eigenvalue weighted by molar-refractivity contribution is 9.10. The zero-order valence-corrected chi connectivity index (χ0v) is 11.1. The lowest BCUT2D eigenvalue weighted by atomic mass is 10.2. The third kappa shape index (κ3) is 2.32. The lowest BCUT2D eigenvalue weighted by Gasteiger charge is -2.04. The summed E-state index contributed by atoms with van der Waals surface area (Å²) in [4.78, 5) is 16.0. The number of amides is 1. The Kier molecular flexibility index (Phi) is 2.96. The Morgan fingerprint density at radius 1 is 1.26 bits per heavy atom. The van der Waals surface area contributed by atoms with Crippen molar-refractivity contribution in [3.05, 3.63) is 46.7 Å². The van der Waals surface area contributed by atoms with Crippen LogP contribution >= 0.6 is 15.9 Å². The minimum Gasteiger partial charge on any atom is -0.320 e. The number of fused-ring (bicyclic) bond motifs is 1. The first-order chi connectivity index (χ1) is 9.24. The van der Waals surface area contributed by atoms with Crippen LogP contribution in [-0.4, -0.2) is 21.2 Å². The monoisotopic (exact) mass is 318 g/mol. The lowest BCUT2D eigenvalue weighted by Crippen LogP contribution is -2.12. The second-order valence-corrected chi connectivity index (χ2v) is 4.70. The smallest absolute Gasteiger partial charge is 0.257 e. The Labute approximate surface area is 115 Å². The van der Waals surface area contributed by atoms with E-state index in [4.69, 9.17) is 0 Å². The molecule has 0 aliphatic rings. The van der Waals surface area contributed by atoms with Crippen LogP contribution in [0.25, 0.3) is 11.0 Å². The Morgan fingerprint density at radius 2 is 2.16 bits per heavy atom. The number of carbonyl (C=O) groups excluding carboxylic acids is 1. The highest BCUT2D eigenvalue weighted by Gasteiger charge is 2.11. The average molecular weight is 319 g/mol. The molecule has 0 fully saturated rings. The van der Waals surface area contributed by atoms with Crippen LogP contribution in [0.2, 0.25) is 0 Å². The van der Waals surface area contributed by atoms with Gasteiger partial charge in [0.05, 0.1) is 11.3 Å². The predicted molar refractivity (Wildman–Crippen MR) is 71.7 cm³/mol. The van der Waals surface area contributed by atoms with E-state index < -0.39 is 0 Å². The van der Waals surface area contributed by atoms with Gasteiger partial charge in [0.1, 0.15) is 5.52 Å². The number of rotatable bonds is 2. The van der Waals surface area contributed by atoms with Gasteiger partial charge in [-0.05, 0) is 44.4 Å². The number of pyridine rings is 1. The van der Waals surface area contributed by atoms with Gasteiger partial charge in [-0.25, -0.2) is 4.63 Å². The quantitative estimate of drug-likeness (QED) is 0.785. The highest BCUT2D eigenvalue weighted by atomic mass is 79.9. The van der Waals surface area contributed by atoms with Gasteiger partial charge in [-0.2, -0.15) is 0 Å². The summed E-state index contributed by atoms with van der Waals surface area (Å²) < 4.78 is 5.38. The molecule has 1 amide bonds. The Balaban J connectivity index is 1.93. The van der Waals surface area contributed by atoms with Crippen LogP contribution in [0.15, 0.2) is 45.8 Å². The summed E-state index contributed by atoms with van der Waals surface area (Å²) in [6, 6.07) is 6.93. The Hall–Kier alpha value is -2.28. The summed E-state index contributed by atoms with van der Waals surface area (Å²) in [7, 11) is 0. The molecule has 0 aliphatic heterocycles. The molecule has 3 rings (SSSR count). The van der Waals surface area contributed by atoms with E-state index in [2.05, 4.69) is 41.2 Å². The van der Waals surface area contributed by atoms with Crippen molar-refractivity contribution in [3.8, 4) is 0 Å². The molecule has 0 saturated carbocycles. The molecule has 0 atom stereocenters. The predicted octanol–water partition coefficient (Wildman–Crippen LogP) is 2.63. The van der Waals surface area contributed by atoms with E-state index in [-0.39, 0.29) is 5.91 Å². The number of carbonyl (C=O) groups is 1. The van der Waals surface area contributed by atoms with Crippen molar-refractivity contribution >= 4 is 38.6 Å². The number of aromatic nitrogens is 3. The van der Waals surface area contributed by atoms with Gasteiger partial charge in [0.25, 0.3) is 5.91 Å². The summed E-state index contributed by atoms with van der Waals surface area (Å²) in [6.07, 6.45) is 3.10. The van der Waals surface area contributed by atoms with Crippen molar-refractivity contribution in [1.29, 1.82) is 0 Å². The van der Waals surface area contributed by atoms with Crippen LogP contribution < -0.4 is 5.32 Å². The standard InChI is InChI=1S/C12H7BrN4O2/c13-8-4-7(5-14-6-8)12(18)15-9-2-1-3-10-11(9)17-19-16-10/h1-6H,(H,15,18). The number of benzene rings is 1. The SMILES string of the molecule is O=C(Nc1cccc2nonc12)c1cncc(Br)c1. The molecule has 0 radical (unpaired) electrons. The number of hydrogen-bond donors (Lipinski definition) is 1. The molecule has 19 heavy (non-hydrogen) atoms. The van der Waals surface area contributed by atoms with Gasteiger partial charge in [-0.3, -0.25) is 9.78 Å². The number of hydrogen-bond acceptors (Lipinski definition) is 5. The van der Waals surface area contributed by atoms with E-state index in [0.29, 0.717) is 22.3 Å². The fraction of sp³-hybridized carbons (Fsp3) is 0. The topological polar surface area (TPSA) is 80.9 Å². The molecule has 2 heterocycles. The first-order valence-electron chi connectivity index (χ1n) is 5.37. The first-order valence-corrected chi connectivity index (χ1v) is 6.16. The van der Waals surface area contributed by atoms with E-state index in [1.54, 1.807) is 30.5 Å². The molecule has 0 unspecified atom stereocenters. The fourth-order valence-electron chi connectivity index (χ4n) is 1.64. The van der Waals surface area contributed by atoms with E-state index in [0.717, 1.165) is 4.47 Å². The summed E-state index contributed by atoms with van der Waals surface area (Å²) in [5, 5.41) is 10.2. The van der Waals surface area contributed by atoms with Crippen molar-refractivity contribution in [2.24, 2.45) is 0 Å². The number of nitrogens with one attached hydrogen (secondary N) is 1. The third-order valence-corrected chi connectivity index (χ3v) is 2.93. The van der Waals surface area contributed by atoms with Crippen LogP contribution in [-0.2, 0) is 0 Å². The zero-order valence-electron chi connectivity index (χ0n) is 9.50. The van der Waals surface area contributed by atoms with Crippen molar-refractivity contribution in [2.45, 2.75) is 0 Å². The molecule has 2 aromatic heterocycles. The number of nitrogens with zero attached hydrogens (tertiary/aromatic N) is 3. The summed E-state index contributed by atoms with van der Waals surface area (Å²) in [6.45, 7) is 0. The molecule has 0 spiro atoms. The van der Waals surface area contributed by atoms with Gasteiger partial charge in [-0.1, -0.05) is 6.07 Å². The zero-order chi connectivity index (χ0) is 13.2. The minimum absolute atomic E-state index is 0.274. The molecule has 3 aromatic rings. The van der Waals surface area contributed by atoms with E-state index in [9.17, 15) is 4.79 Å². The molecule has 0 bridgehead atoms. The summed E-state index contributed by atoms with van der Waals surface area (Å²) in [5.74, 6) is -0.274. The molecule has 6 nitrogen and oxygen atoms in total. The Morgan fingerprint density at radius 3 is 3.00 bits per heavy atom. The van der Waals surface area contributed by atoms with E-state index >= 15 is 0 Å². The second-order valence-electron chi connectivity index (χ2n) is 3.78. The molecular weight excluding hydrogens is 312 g/mol. The minimum atomic E-state index is -0.274. The fourth-order valence-corrected chi connectivity index (χ4v) is 2.00. The lowest BCUT2D eigenvalue weighted by molar-refractivity contribution is 0.102. The number of anilines is 1. The molecular formula is C12H7BrN4O2. The van der Waals surface area contributed by atoms with Crippen LogP contribution in [0.4, 0.5) is 5.69 Å². The second kappa shape index (κ2) is 4.77. The average Bonchev–Trinajstić information content (AvgIpc) is 2.88. The van der Waals surface area contributed by atoms with E-state index in [1.807, 2.05) is 0 Å². The first kappa shape index (κ1) is 11.8. The van der Waals surface area contributed by atoms with Gasteiger partial charge in [-0.15, -0.1) is 0 Å². The van der Waals surface area contributed by atoms with Crippen LogP contribution in [0.3, 0.4) is 0 Å². The van der Waals surface area contributed by atoms with Gasteiger partial charge in [0, 0.05) is 16.9 Å². The maximum Gasteiger partial charge on any atom is 0.257 e. The van der Waals surface area contributed by atoms with E-state index in [1.165, 1.54) is 6.20 Å². The third-order valence-electron chi connectivity index (χ3n) is 2.50. The van der Waals surface area contributed by atoms with Gasteiger partial charge in [0.15, 0.2) is 5.52 Å². The molecule has 94 valence electrons. The molecule has 1 aromatic carbocycles. The van der Waals surface area contributed by atoms with Crippen molar-refractivity contribution < 1.29 is 9.42 Å². The van der Waals surface area contributed by atoms with Gasteiger partial charge < -0.3 is 5.32 Å². The van der Waals surface area contributed by atoms with Crippen LogP contribution in [0.1, 0.15) is 10.4 Å². The highest BCUT2D eigenvalue weighted by Crippen LogP contribution is 2.20. The van der Waals surface area contributed by atoms with Crippen molar-refractivity contribution in [2.75, 3.05) is 5.32 Å². The summed E-state index contributed by atoms with van der Waals surface area (Å²) in [5.41, 5.74) is 2.09. The maximum atomic E-state index is 12.1. The Bertz CT molecular complexity index is 756. The molecule has 0 saturated heterocycles. The normalized spacial score (nSPS) is 10.6. The van der Waals surface area contributed by atoms with Crippen molar-refractivity contribution in [1.82, 2.24) is 15.3 Å². The van der Waals surface area contributed by atoms with Crippen molar-refractivity contribution in [3.63, 3.8) is 0 Å². The molecule has 1 N–H and O–H groups in total. The van der Waals surface area contributed by atoms with Gasteiger partial charge in [0.2, 0.25) is 0 Å². The molecule has 0 aliphatic carbocycles. The van der Waals surface area contributed by atoms with Crippen LogP contribution in [0, 0.1) is 0 Å². The van der Waals surface area contributed by atoms with Gasteiger partial charge >= 0.3 is 0 Å². The largest absolute Gasteiger partial charge is 0.320 e. The van der Waals surface area contributed by atoms with Crippen LogP contribution in [0.5, 0.6) is 0 Å². The number of halogens is 1. The molecule has 7 heteroatoms.